The van der Waals surface area contributed by atoms with Gasteiger partial charge in [-0.05, 0) is 64.1 Å². The number of carbonyl (C=O) groups excluding carboxylic acids is 1. The second-order valence-electron chi connectivity index (χ2n) is 8.46. The summed E-state index contributed by atoms with van der Waals surface area (Å²) in [5.41, 5.74) is -0.585. The number of fused-ring (bicyclic) bond motifs is 1. The van der Waals surface area contributed by atoms with E-state index >= 15 is 0 Å². The van der Waals surface area contributed by atoms with Crippen molar-refractivity contribution in [1.29, 1.82) is 0 Å². The first-order chi connectivity index (χ1) is 13.6. The maximum Gasteiger partial charge on any atom is 0.410 e. The summed E-state index contributed by atoms with van der Waals surface area (Å²) < 4.78 is 33.7. The zero-order valence-electron chi connectivity index (χ0n) is 17.5. The summed E-state index contributed by atoms with van der Waals surface area (Å²) in [6, 6.07) is 6.74. The number of aromatic nitrogens is 1. The third-order valence-electron chi connectivity index (χ3n) is 5.00. The summed E-state index contributed by atoms with van der Waals surface area (Å²) in [4.78, 5) is 18.4. The Kier molecular flexibility index (Phi) is 6.14. The van der Waals surface area contributed by atoms with Crippen molar-refractivity contribution in [3.05, 3.63) is 36.7 Å². The van der Waals surface area contributed by atoms with E-state index in [9.17, 15) is 13.2 Å². The maximum absolute atomic E-state index is 13.4. The number of sulfonamides is 1. The van der Waals surface area contributed by atoms with Gasteiger partial charge in [0.15, 0.2) is 0 Å². The highest BCUT2D eigenvalue weighted by Crippen LogP contribution is 2.25. The van der Waals surface area contributed by atoms with E-state index < -0.39 is 21.7 Å². The van der Waals surface area contributed by atoms with Gasteiger partial charge in [0.25, 0.3) is 0 Å². The molecule has 7 nitrogen and oxygen atoms in total. The van der Waals surface area contributed by atoms with Crippen molar-refractivity contribution in [2.24, 2.45) is 0 Å². The zero-order chi connectivity index (χ0) is 21.2. The number of benzene rings is 1. The fourth-order valence-corrected chi connectivity index (χ4v) is 5.18. The Labute approximate surface area is 172 Å². The molecule has 2 heterocycles. The molecule has 0 aliphatic carbocycles. The Bertz CT molecular complexity index is 985. The number of nitrogens with zero attached hydrogens (tertiary/aromatic N) is 3. The first-order valence-corrected chi connectivity index (χ1v) is 11.4. The van der Waals surface area contributed by atoms with E-state index in [-0.39, 0.29) is 17.5 Å². The van der Waals surface area contributed by atoms with Gasteiger partial charge in [-0.1, -0.05) is 6.07 Å². The van der Waals surface area contributed by atoms with Gasteiger partial charge in [-0.3, -0.25) is 4.98 Å². The molecule has 1 aromatic carbocycles. The van der Waals surface area contributed by atoms with Crippen molar-refractivity contribution < 1.29 is 17.9 Å². The van der Waals surface area contributed by atoms with Crippen molar-refractivity contribution in [2.75, 3.05) is 19.6 Å². The lowest BCUT2D eigenvalue weighted by atomic mass is 10.1. The second-order valence-corrected chi connectivity index (χ2v) is 10.3. The quantitative estimate of drug-likeness (QED) is 0.742. The van der Waals surface area contributed by atoms with E-state index in [0.717, 1.165) is 17.2 Å². The minimum atomic E-state index is -3.69. The molecule has 0 spiro atoms. The first-order valence-electron chi connectivity index (χ1n) is 9.91. The molecule has 0 saturated carbocycles. The maximum atomic E-state index is 13.4. The van der Waals surface area contributed by atoms with Crippen molar-refractivity contribution in [3.8, 4) is 0 Å². The summed E-state index contributed by atoms with van der Waals surface area (Å²) in [7, 11) is -3.69. The Morgan fingerprint density at radius 3 is 2.62 bits per heavy atom. The average Bonchev–Trinajstić information content (AvgIpc) is 2.62. The fraction of sp³-hybridized carbons (Fsp3) is 0.524. The fourth-order valence-electron chi connectivity index (χ4n) is 3.50. The highest BCUT2D eigenvalue weighted by molar-refractivity contribution is 7.89. The van der Waals surface area contributed by atoms with Crippen molar-refractivity contribution in [2.45, 2.75) is 57.1 Å². The number of pyridine rings is 1. The largest absolute Gasteiger partial charge is 0.444 e. The smallest absolute Gasteiger partial charge is 0.410 e. The van der Waals surface area contributed by atoms with Gasteiger partial charge in [0.1, 0.15) is 5.60 Å². The van der Waals surface area contributed by atoms with Crippen LogP contribution in [-0.4, -0.2) is 60.0 Å². The molecule has 1 aliphatic heterocycles. The number of rotatable bonds is 2. The lowest BCUT2D eigenvalue weighted by molar-refractivity contribution is 0.0217. The molecule has 1 saturated heterocycles. The van der Waals surface area contributed by atoms with Crippen molar-refractivity contribution in [1.82, 2.24) is 14.2 Å². The zero-order valence-corrected chi connectivity index (χ0v) is 18.3. The van der Waals surface area contributed by atoms with Gasteiger partial charge < -0.3 is 9.64 Å². The molecular weight excluding hydrogens is 390 g/mol. The summed E-state index contributed by atoms with van der Waals surface area (Å²) in [6.07, 6.45) is 4.35. The molecule has 1 unspecified atom stereocenters. The van der Waals surface area contributed by atoms with Crippen LogP contribution in [0.3, 0.4) is 0 Å². The number of ether oxygens (including phenoxy) is 1. The third-order valence-corrected chi connectivity index (χ3v) is 7.01. The topological polar surface area (TPSA) is 79.8 Å². The van der Waals surface area contributed by atoms with Gasteiger partial charge in [-0.15, -0.1) is 0 Å². The molecule has 29 heavy (non-hydrogen) atoms. The molecule has 3 rings (SSSR count). The van der Waals surface area contributed by atoms with Crippen LogP contribution in [0.1, 0.15) is 40.5 Å². The molecule has 1 amide bonds. The third kappa shape index (κ3) is 5.05. The Morgan fingerprint density at radius 1 is 1.14 bits per heavy atom. The van der Waals surface area contributed by atoms with Gasteiger partial charge in [-0.25, -0.2) is 13.2 Å². The van der Waals surface area contributed by atoms with E-state index in [0.29, 0.717) is 19.5 Å². The van der Waals surface area contributed by atoms with Gasteiger partial charge in [0, 0.05) is 43.5 Å². The lowest BCUT2D eigenvalue weighted by Crippen LogP contribution is -2.48. The van der Waals surface area contributed by atoms with Gasteiger partial charge in [0.05, 0.1) is 4.90 Å². The van der Waals surface area contributed by atoms with E-state index in [4.69, 9.17) is 4.74 Å². The van der Waals surface area contributed by atoms with Gasteiger partial charge >= 0.3 is 6.09 Å². The van der Waals surface area contributed by atoms with E-state index in [1.165, 1.54) is 4.31 Å². The lowest BCUT2D eigenvalue weighted by Gasteiger charge is -2.35. The van der Waals surface area contributed by atoms with Crippen LogP contribution in [-0.2, 0) is 14.8 Å². The summed E-state index contributed by atoms with van der Waals surface area (Å²) in [5.74, 6) is 0. The van der Waals surface area contributed by atoms with Crippen LogP contribution in [0.15, 0.2) is 41.6 Å². The van der Waals surface area contributed by atoms with Crippen LogP contribution >= 0.6 is 0 Å². The standard InChI is InChI=1S/C21H29N3O4S/c1-16-6-5-11-23(20(25)28-21(2,3)4)12-13-24(16)29(26,27)19-8-7-18-15-22-10-9-17(18)14-19/h7-10,14-16H,5-6,11-13H2,1-4H3. The molecule has 1 aromatic heterocycles. The highest BCUT2D eigenvalue weighted by atomic mass is 32.2. The number of hydrogen-bond donors (Lipinski definition) is 0. The number of amides is 1. The first kappa shape index (κ1) is 21.5. The molecule has 1 fully saturated rings. The number of hydrogen-bond acceptors (Lipinski definition) is 5. The van der Waals surface area contributed by atoms with E-state index in [2.05, 4.69) is 4.98 Å². The average molecular weight is 420 g/mol. The van der Waals surface area contributed by atoms with E-state index in [1.54, 1.807) is 41.6 Å². The van der Waals surface area contributed by atoms with Crippen LogP contribution in [0.25, 0.3) is 10.8 Å². The Balaban J connectivity index is 1.83. The molecule has 1 aliphatic rings. The predicted molar refractivity (Wildman–Crippen MR) is 112 cm³/mol. The van der Waals surface area contributed by atoms with Gasteiger partial charge in [0.2, 0.25) is 10.0 Å². The number of carbonyl (C=O) groups is 1. The normalized spacial score (nSPS) is 19.6. The van der Waals surface area contributed by atoms with Crippen molar-refractivity contribution >= 4 is 26.9 Å². The summed E-state index contributed by atoms with van der Waals surface area (Å²) in [6.45, 7) is 8.49. The van der Waals surface area contributed by atoms with Crippen LogP contribution in [0.2, 0.25) is 0 Å². The Hall–Kier alpha value is -2.19. The highest BCUT2D eigenvalue weighted by Gasteiger charge is 2.32. The SMILES string of the molecule is CC1CCCN(C(=O)OC(C)(C)C)CCN1S(=O)(=O)c1ccc2cnccc2c1. The minimum absolute atomic E-state index is 0.145. The second kappa shape index (κ2) is 8.28. The molecule has 0 bridgehead atoms. The molecule has 1 atom stereocenters. The van der Waals surface area contributed by atoms with Crippen LogP contribution in [0, 0.1) is 0 Å². The molecule has 158 valence electrons. The summed E-state index contributed by atoms with van der Waals surface area (Å²) >= 11 is 0. The molecule has 0 radical (unpaired) electrons. The molecule has 0 N–H and O–H groups in total. The summed E-state index contributed by atoms with van der Waals surface area (Å²) in [5, 5.41) is 1.72. The van der Waals surface area contributed by atoms with Crippen molar-refractivity contribution in [3.63, 3.8) is 0 Å². The van der Waals surface area contributed by atoms with E-state index in [1.807, 2.05) is 27.7 Å². The predicted octanol–water partition coefficient (Wildman–Crippen LogP) is 3.64. The van der Waals surface area contributed by atoms with Crippen LogP contribution < -0.4 is 0 Å². The van der Waals surface area contributed by atoms with Gasteiger partial charge in [-0.2, -0.15) is 4.31 Å². The van der Waals surface area contributed by atoms with Crippen LogP contribution in [0.4, 0.5) is 4.79 Å². The molecule has 2 aromatic rings. The minimum Gasteiger partial charge on any atom is -0.444 e. The monoisotopic (exact) mass is 419 g/mol. The van der Waals surface area contributed by atoms with Crippen LogP contribution in [0.5, 0.6) is 0 Å². The Morgan fingerprint density at radius 2 is 1.90 bits per heavy atom. The molecule has 8 heteroatoms. The molecular formula is C21H29N3O4S.